The van der Waals surface area contributed by atoms with Gasteiger partial charge in [0, 0.05) is 36.1 Å². The quantitative estimate of drug-likeness (QED) is 0.925. The fraction of sp³-hybridized carbons (Fsp3) is 0.526. The summed E-state index contributed by atoms with van der Waals surface area (Å²) < 4.78 is 5.74. The van der Waals surface area contributed by atoms with Crippen LogP contribution in [0, 0.1) is 11.3 Å². The maximum Gasteiger partial charge on any atom is 0.228 e. The second-order valence-electron chi connectivity index (χ2n) is 7.55. The fourth-order valence-corrected chi connectivity index (χ4v) is 3.23. The molecule has 4 heteroatoms. The number of benzene rings is 1. The maximum absolute atomic E-state index is 12.6. The van der Waals surface area contributed by atoms with Crippen molar-refractivity contribution in [1.82, 2.24) is 9.88 Å². The molecule has 1 amide bonds. The third-order valence-electron chi connectivity index (χ3n) is 4.41. The second kappa shape index (κ2) is 6.36. The number of rotatable bonds is 2. The first kappa shape index (κ1) is 16.1. The van der Waals surface area contributed by atoms with Crippen LogP contribution in [-0.2, 0) is 16.0 Å². The summed E-state index contributed by atoms with van der Waals surface area (Å²) >= 11 is 0. The Morgan fingerprint density at radius 3 is 2.96 bits per heavy atom. The van der Waals surface area contributed by atoms with Gasteiger partial charge in [-0.1, -0.05) is 26.8 Å². The summed E-state index contributed by atoms with van der Waals surface area (Å²) in [4.78, 5) is 17.8. The molecule has 1 atom stereocenters. The number of nitrogens with zero attached hydrogens (tertiary/aromatic N) is 1. The van der Waals surface area contributed by atoms with Crippen LogP contribution < -0.4 is 0 Å². The van der Waals surface area contributed by atoms with Gasteiger partial charge in [0.05, 0.1) is 13.2 Å². The number of aromatic nitrogens is 1. The van der Waals surface area contributed by atoms with E-state index in [4.69, 9.17) is 4.74 Å². The largest absolute Gasteiger partial charge is 0.379 e. The monoisotopic (exact) mass is 314 g/mol. The standard InChI is InChI=1S/C19H26N2O2/c1-19(2,3)18(22)21-8-9-23-13-15(12-21)10-14-4-5-17-16(11-14)6-7-20-17/h4-7,11,15,20H,8-10,12-13H2,1-3H3/t15-/m0/s1. The van der Waals surface area contributed by atoms with Crippen molar-refractivity contribution in [1.29, 1.82) is 0 Å². The number of aromatic amines is 1. The predicted octanol–water partition coefficient (Wildman–Crippen LogP) is 3.23. The van der Waals surface area contributed by atoms with Crippen LogP contribution in [0.3, 0.4) is 0 Å². The van der Waals surface area contributed by atoms with Crippen LogP contribution in [0.25, 0.3) is 10.9 Å². The normalized spacial score (nSPS) is 19.8. The number of carbonyl (C=O) groups excluding carboxylic acids is 1. The van der Waals surface area contributed by atoms with Gasteiger partial charge in [0.25, 0.3) is 0 Å². The highest BCUT2D eigenvalue weighted by Gasteiger charge is 2.30. The summed E-state index contributed by atoms with van der Waals surface area (Å²) in [6, 6.07) is 8.62. The van der Waals surface area contributed by atoms with Crippen molar-refractivity contribution < 1.29 is 9.53 Å². The van der Waals surface area contributed by atoms with Crippen LogP contribution >= 0.6 is 0 Å². The van der Waals surface area contributed by atoms with E-state index in [9.17, 15) is 4.79 Å². The van der Waals surface area contributed by atoms with E-state index in [2.05, 4.69) is 29.2 Å². The highest BCUT2D eigenvalue weighted by atomic mass is 16.5. The van der Waals surface area contributed by atoms with Gasteiger partial charge in [-0.2, -0.15) is 0 Å². The molecular formula is C19H26N2O2. The Morgan fingerprint density at radius 1 is 1.35 bits per heavy atom. The number of amides is 1. The summed E-state index contributed by atoms with van der Waals surface area (Å²) in [6.45, 7) is 8.78. The van der Waals surface area contributed by atoms with Crippen LogP contribution in [0.1, 0.15) is 26.3 Å². The van der Waals surface area contributed by atoms with Gasteiger partial charge < -0.3 is 14.6 Å². The van der Waals surface area contributed by atoms with Gasteiger partial charge in [-0.05, 0) is 35.6 Å². The molecular weight excluding hydrogens is 288 g/mol. The van der Waals surface area contributed by atoms with Crippen molar-refractivity contribution in [3.05, 3.63) is 36.0 Å². The van der Waals surface area contributed by atoms with E-state index in [0.29, 0.717) is 19.1 Å². The Hall–Kier alpha value is -1.81. The Bertz CT molecular complexity index is 684. The molecule has 1 aromatic carbocycles. The van der Waals surface area contributed by atoms with Crippen LogP contribution in [0.15, 0.2) is 30.5 Å². The topological polar surface area (TPSA) is 45.3 Å². The summed E-state index contributed by atoms with van der Waals surface area (Å²) in [6.07, 6.45) is 2.90. The number of nitrogens with one attached hydrogen (secondary N) is 1. The first-order valence-electron chi connectivity index (χ1n) is 8.36. The van der Waals surface area contributed by atoms with Crippen molar-refractivity contribution in [2.24, 2.45) is 11.3 Å². The highest BCUT2D eigenvalue weighted by Crippen LogP contribution is 2.22. The third kappa shape index (κ3) is 3.75. The molecule has 1 fully saturated rings. The number of H-pyrrole nitrogens is 1. The van der Waals surface area contributed by atoms with Crippen molar-refractivity contribution in [3.63, 3.8) is 0 Å². The molecule has 0 unspecified atom stereocenters. The summed E-state index contributed by atoms with van der Waals surface area (Å²) in [5.41, 5.74) is 2.13. The molecule has 0 saturated carbocycles. The van der Waals surface area contributed by atoms with E-state index in [0.717, 1.165) is 25.1 Å². The molecule has 1 aliphatic heterocycles. The Labute approximate surface area is 137 Å². The van der Waals surface area contributed by atoms with E-state index in [1.54, 1.807) is 0 Å². The van der Waals surface area contributed by atoms with Crippen LogP contribution in [0.2, 0.25) is 0 Å². The average molecular weight is 314 g/mol. The lowest BCUT2D eigenvalue weighted by atomic mass is 9.93. The van der Waals surface area contributed by atoms with Gasteiger partial charge in [0.15, 0.2) is 0 Å². The molecule has 1 aliphatic rings. The molecule has 124 valence electrons. The lowest BCUT2D eigenvalue weighted by molar-refractivity contribution is -0.139. The molecule has 0 radical (unpaired) electrons. The van der Waals surface area contributed by atoms with Crippen molar-refractivity contribution in [2.75, 3.05) is 26.3 Å². The van der Waals surface area contributed by atoms with Gasteiger partial charge in [-0.3, -0.25) is 4.79 Å². The Balaban J connectivity index is 1.72. The fourth-order valence-electron chi connectivity index (χ4n) is 3.23. The molecule has 4 nitrogen and oxygen atoms in total. The minimum absolute atomic E-state index is 0.217. The van der Waals surface area contributed by atoms with E-state index in [1.807, 2.05) is 31.9 Å². The molecule has 2 aromatic rings. The number of carbonyl (C=O) groups is 1. The zero-order valence-corrected chi connectivity index (χ0v) is 14.3. The molecule has 0 aliphatic carbocycles. The van der Waals surface area contributed by atoms with E-state index < -0.39 is 0 Å². The summed E-state index contributed by atoms with van der Waals surface area (Å²) in [5, 5.41) is 1.24. The van der Waals surface area contributed by atoms with Crippen LogP contribution in [0.4, 0.5) is 0 Å². The maximum atomic E-state index is 12.6. The van der Waals surface area contributed by atoms with E-state index in [-0.39, 0.29) is 11.3 Å². The Kier molecular flexibility index (Phi) is 4.44. The smallest absolute Gasteiger partial charge is 0.228 e. The molecule has 0 spiro atoms. The molecule has 2 heterocycles. The molecule has 1 aromatic heterocycles. The van der Waals surface area contributed by atoms with Gasteiger partial charge >= 0.3 is 0 Å². The average Bonchev–Trinajstić information content (AvgIpc) is 2.83. The van der Waals surface area contributed by atoms with Gasteiger partial charge in [0.1, 0.15) is 0 Å². The second-order valence-corrected chi connectivity index (χ2v) is 7.55. The number of ether oxygens (including phenoxy) is 1. The molecule has 3 rings (SSSR count). The first-order chi connectivity index (χ1) is 10.9. The number of hydrogen-bond donors (Lipinski definition) is 1. The predicted molar refractivity (Wildman–Crippen MR) is 92.3 cm³/mol. The highest BCUT2D eigenvalue weighted by molar-refractivity contribution is 5.81. The first-order valence-corrected chi connectivity index (χ1v) is 8.36. The van der Waals surface area contributed by atoms with E-state index in [1.165, 1.54) is 10.9 Å². The van der Waals surface area contributed by atoms with Crippen LogP contribution in [-0.4, -0.2) is 42.1 Å². The molecule has 1 saturated heterocycles. The zero-order chi connectivity index (χ0) is 16.4. The van der Waals surface area contributed by atoms with Crippen molar-refractivity contribution >= 4 is 16.8 Å². The molecule has 23 heavy (non-hydrogen) atoms. The van der Waals surface area contributed by atoms with E-state index >= 15 is 0 Å². The van der Waals surface area contributed by atoms with Crippen LogP contribution in [0.5, 0.6) is 0 Å². The van der Waals surface area contributed by atoms with Gasteiger partial charge in [-0.25, -0.2) is 0 Å². The number of fused-ring (bicyclic) bond motifs is 1. The lowest BCUT2D eigenvalue weighted by Gasteiger charge is -2.30. The summed E-state index contributed by atoms with van der Waals surface area (Å²) in [5.74, 6) is 0.564. The number of hydrogen-bond acceptors (Lipinski definition) is 2. The van der Waals surface area contributed by atoms with Gasteiger partial charge in [-0.15, -0.1) is 0 Å². The zero-order valence-electron chi connectivity index (χ0n) is 14.3. The molecule has 1 N–H and O–H groups in total. The van der Waals surface area contributed by atoms with Crippen molar-refractivity contribution in [2.45, 2.75) is 27.2 Å². The summed E-state index contributed by atoms with van der Waals surface area (Å²) in [7, 11) is 0. The minimum Gasteiger partial charge on any atom is -0.379 e. The van der Waals surface area contributed by atoms with Gasteiger partial charge in [0.2, 0.25) is 5.91 Å². The third-order valence-corrected chi connectivity index (χ3v) is 4.41. The lowest BCUT2D eigenvalue weighted by Crippen LogP contribution is -2.42. The SMILES string of the molecule is CC(C)(C)C(=O)N1CCOC[C@@H](Cc2ccc3[nH]ccc3c2)C1. The minimum atomic E-state index is -0.334. The van der Waals surface area contributed by atoms with Crippen molar-refractivity contribution in [3.8, 4) is 0 Å². The Morgan fingerprint density at radius 2 is 2.17 bits per heavy atom. The molecule has 0 bridgehead atoms.